The second kappa shape index (κ2) is 2.80. The molecule has 1 N–H and O–H groups in total. The van der Waals surface area contributed by atoms with Crippen LogP contribution in [0.5, 0.6) is 0 Å². The molecule has 4 heteroatoms. The first-order chi connectivity index (χ1) is 6.18. The molecule has 0 bridgehead atoms. The van der Waals surface area contributed by atoms with Gasteiger partial charge in [-0.1, -0.05) is 6.08 Å². The van der Waals surface area contributed by atoms with Crippen molar-refractivity contribution in [1.29, 1.82) is 0 Å². The van der Waals surface area contributed by atoms with Gasteiger partial charge in [0.25, 0.3) is 5.91 Å². The van der Waals surface area contributed by atoms with Crippen LogP contribution in [-0.4, -0.2) is 22.7 Å². The van der Waals surface area contributed by atoms with E-state index in [9.17, 15) is 9.59 Å². The van der Waals surface area contributed by atoms with Crippen LogP contribution in [-0.2, 0) is 9.59 Å². The Morgan fingerprint density at radius 2 is 2.38 bits per heavy atom. The summed E-state index contributed by atoms with van der Waals surface area (Å²) in [6.45, 7) is 0. The maximum absolute atomic E-state index is 11.1. The summed E-state index contributed by atoms with van der Waals surface area (Å²) in [4.78, 5) is 25.5. The number of hydrogen-bond acceptors (Lipinski definition) is 2. The summed E-state index contributed by atoms with van der Waals surface area (Å²) >= 11 is 0. The predicted octanol–water partition coefficient (Wildman–Crippen LogP) is 0.779. The highest BCUT2D eigenvalue weighted by molar-refractivity contribution is 6.21. The zero-order valence-corrected chi connectivity index (χ0v) is 6.99. The number of nitrogens with zero attached hydrogens (tertiary/aromatic N) is 1. The van der Waals surface area contributed by atoms with Crippen molar-refractivity contribution in [1.82, 2.24) is 0 Å². The van der Waals surface area contributed by atoms with Crippen LogP contribution in [0.3, 0.4) is 0 Å². The lowest BCUT2D eigenvalue weighted by molar-refractivity contribution is -0.134. The number of dihydropyridines is 1. The highest BCUT2D eigenvalue weighted by Gasteiger charge is 2.30. The number of aliphatic carboxylic acids is 1. The van der Waals surface area contributed by atoms with E-state index in [4.69, 9.17) is 5.11 Å². The van der Waals surface area contributed by atoms with Gasteiger partial charge in [-0.3, -0.25) is 4.79 Å². The van der Waals surface area contributed by atoms with E-state index in [0.29, 0.717) is 0 Å². The van der Waals surface area contributed by atoms with Gasteiger partial charge in [-0.05, 0) is 19.3 Å². The van der Waals surface area contributed by atoms with Crippen molar-refractivity contribution < 1.29 is 14.7 Å². The minimum absolute atomic E-state index is 0.101. The van der Waals surface area contributed by atoms with Crippen LogP contribution < -0.4 is 0 Å². The van der Waals surface area contributed by atoms with Crippen LogP contribution in [0.4, 0.5) is 0 Å². The van der Waals surface area contributed by atoms with Crippen molar-refractivity contribution >= 4 is 17.6 Å². The van der Waals surface area contributed by atoms with Crippen LogP contribution >= 0.6 is 0 Å². The quantitative estimate of drug-likeness (QED) is 0.605. The molecule has 0 aromatic heterocycles. The van der Waals surface area contributed by atoms with E-state index in [1.54, 1.807) is 6.08 Å². The third-order valence-corrected chi connectivity index (χ3v) is 2.45. The number of carbonyl (C=O) groups excluding carboxylic acids is 1. The molecule has 1 aliphatic carbocycles. The van der Waals surface area contributed by atoms with Crippen molar-refractivity contribution in [2.24, 2.45) is 10.9 Å². The SMILES string of the molecule is O=C(O)C1=CC2CCCC2=NC1=O. The molecule has 1 fully saturated rings. The molecule has 1 saturated carbocycles. The molecule has 0 spiro atoms. The molecular formula is C9H9NO3. The molecular weight excluding hydrogens is 170 g/mol. The van der Waals surface area contributed by atoms with Gasteiger partial charge >= 0.3 is 5.97 Å². The smallest absolute Gasteiger partial charge is 0.341 e. The number of carboxylic acid groups (broad SMARTS) is 1. The van der Waals surface area contributed by atoms with Crippen molar-refractivity contribution in [2.45, 2.75) is 19.3 Å². The molecule has 2 rings (SSSR count). The summed E-state index contributed by atoms with van der Waals surface area (Å²) in [5.41, 5.74) is 0.686. The Hall–Kier alpha value is -1.45. The average molecular weight is 179 g/mol. The molecule has 0 aromatic carbocycles. The topological polar surface area (TPSA) is 66.7 Å². The van der Waals surface area contributed by atoms with E-state index in [-0.39, 0.29) is 11.5 Å². The van der Waals surface area contributed by atoms with Crippen LogP contribution in [0, 0.1) is 5.92 Å². The van der Waals surface area contributed by atoms with Gasteiger partial charge in [-0.25, -0.2) is 9.79 Å². The van der Waals surface area contributed by atoms with E-state index in [0.717, 1.165) is 25.0 Å². The summed E-state index contributed by atoms with van der Waals surface area (Å²) in [5, 5.41) is 8.67. The number of carboxylic acids is 1. The number of amides is 1. The highest BCUT2D eigenvalue weighted by Crippen LogP contribution is 2.28. The van der Waals surface area contributed by atoms with Gasteiger partial charge in [0.05, 0.1) is 0 Å². The van der Waals surface area contributed by atoms with Gasteiger partial charge in [-0.15, -0.1) is 0 Å². The zero-order valence-electron chi connectivity index (χ0n) is 6.99. The Balaban J connectivity index is 2.34. The first-order valence-electron chi connectivity index (χ1n) is 4.25. The second-order valence-corrected chi connectivity index (χ2v) is 3.29. The maximum Gasteiger partial charge on any atom is 0.341 e. The fourth-order valence-electron chi connectivity index (χ4n) is 1.80. The first kappa shape index (κ1) is 8.16. The minimum Gasteiger partial charge on any atom is -0.478 e. The van der Waals surface area contributed by atoms with Gasteiger partial charge in [0.1, 0.15) is 5.57 Å². The molecule has 68 valence electrons. The van der Waals surface area contributed by atoms with Gasteiger partial charge in [0, 0.05) is 11.6 Å². The van der Waals surface area contributed by atoms with Crippen LogP contribution in [0.15, 0.2) is 16.6 Å². The fraction of sp³-hybridized carbons (Fsp3) is 0.444. The molecule has 13 heavy (non-hydrogen) atoms. The standard InChI is InChI=1S/C9H9NO3/c11-8-6(9(12)13)4-5-2-1-3-7(5)10-8/h4-5H,1-3H2,(H,12,13). The van der Waals surface area contributed by atoms with Gasteiger partial charge in [-0.2, -0.15) is 0 Å². The minimum atomic E-state index is -1.17. The van der Waals surface area contributed by atoms with E-state index in [1.165, 1.54) is 0 Å². The Morgan fingerprint density at radius 1 is 1.62 bits per heavy atom. The average Bonchev–Trinajstić information content (AvgIpc) is 2.48. The summed E-state index contributed by atoms with van der Waals surface area (Å²) in [5.74, 6) is -1.66. The third-order valence-electron chi connectivity index (χ3n) is 2.45. The zero-order chi connectivity index (χ0) is 9.42. The third kappa shape index (κ3) is 1.28. The van der Waals surface area contributed by atoms with Gasteiger partial charge < -0.3 is 5.11 Å². The molecule has 1 amide bonds. The van der Waals surface area contributed by atoms with E-state index < -0.39 is 11.9 Å². The Kier molecular flexibility index (Phi) is 1.76. The van der Waals surface area contributed by atoms with E-state index in [1.807, 2.05) is 0 Å². The Labute approximate surface area is 75.0 Å². The summed E-state index contributed by atoms with van der Waals surface area (Å²) in [7, 11) is 0. The summed E-state index contributed by atoms with van der Waals surface area (Å²) in [6.07, 6.45) is 4.29. The van der Waals surface area contributed by atoms with Gasteiger partial charge in [0.15, 0.2) is 0 Å². The van der Waals surface area contributed by atoms with Crippen molar-refractivity contribution in [2.75, 3.05) is 0 Å². The molecule has 2 aliphatic rings. The lowest BCUT2D eigenvalue weighted by Crippen LogP contribution is -2.20. The van der Waals surface area contributed by atoms with Crippen molar-refractivity contribution in [3.05, 3.63) is 11.6 Å². The normalized spacial score (nSPS) is 26.5. The second-order valence-electron chi connectivity index (χ2n) is 3.29. The molecule has 1 heterocycles. The molecule has 1 aliphatic heterocycles. The molecule has 1 atom stereocenters. The van der Waals surface area contributed by atoms with Crippen LogP contribution in [0.25, 0.3) is 0 Å². The first-order valence-corrected chi connectivity index (χ1v) is 4.25. The monoisotopic (exact) mass is 179 g/mol. The fourth-order valence-corrected chi connectivity index (χ4v) is 1.80. The summed E-state index contributed by atoms with van der Waals surface area (Å²) in [6, 6.07) is 0. The van der Waals surface area contributed by atoms with Crippen LogP contribution in [0.2, 0.25) is 0 Å². The van der Waals surface area contributed by atoms with E-state index >= 15 is 0 Å². The number of fused-ring (bicyclic) bond motifs is 1. The van der Waals surface area contributed by atoms with Crippen LogP contribution in [0.1, 0.15) is 19.3 Å². The number of allylic oxidation sites excluding steroid dienone is 1. The maximum atomic E-state index is 11.1. The van der Waals surface area contributed by atoms with Crippen molar-refractivity contribution in [3.8, 4) is 0 Å². The number of rotatable bonds is 1. The van der Waals surface area contributed by atoms with Crippen molar-refractivity contribution in [3.63, 3.8) is 0 Å². The molecule has 0 saturated heterocycles. The predicted molar refractivity (Wildman–Crippen MR) is 45.5 cm³/mol. The highest BCUT2D eigenvalue weighted by atomic mass is 16.4. The molecule has 0 radical (unpaired) electrons. The molecule has 1 unspecified atom stereocenters. The number of carbonyl (C=O) groups is 2. The van der Waals surface area contributed by atoms with Gasteiger partial charge in [0.2, 0.25) is 0 Å². The van der Waals surface area contributed by atoms with E-state index in [2.05, 4.69) is 4.99 Å². The number of aliphatic imine (C=N–C) groups is 1. The Bertz CT molecular complexity index is 341. The lowest BCUT2D eigenvalue weighted by atomic mass is 9.99. The lowest BCUT2D eigenvalue weighted by Gasteiger charge is -2.11. The molecule has 0 aromatic rings. The largest absolute Gasteiger partial charge is 0.478 e. The Morgan fingerprint density at radius 3 is 3.08 bits per heavy atom. The summed E-state index contributed by atoms with van der Waals surface area (Å²) < 4.78 is 0. The molecule has 4 nitrogen and oxygen atoms in total. The number of hydrogen-bond donors (Lipinski definition) is 1.